The van der Waals surface area contributed by atoms with E-state index in [1.807, 2.05) is 31.2 Å². The fourth-order valence-electron chi connectivity index (χ4n) is 2.35. The topological polar surface area (TPSA) is 68.8 Å². The van der Waals surface area contributed by atoms with Gasteiger partial charge in [-0.3, -0.25) is 4.79 Å². The van der Waals surface area contributed by atoms with Gasteiger partial charge in [0, 0.05) is 25.4 Å². The van der Waals surface area contributed by atoms with Crippen LogP contribution in [0.3, 0.4) is 0 Å². The first kappa shape index (κ1) is 17.7. The molecule has 128 valence electrons. The first-order valence-corrected chi connectivity index (χ1v) is 8.20. The molecular weight excluding hydrogens is 296 g/mol. The summed E-state index contributed by atoms with van der Waals surface area (Å²) in [5.41, 5.74) is 0.756. The second-order valence-electron chi connectivity index (χ2n) is 5.38. The summed E-state index contributed by atoms with van der Waals surface area (Å²) in [6.07, 6.45) is 2.42. The maximum Gasteiger partial charge on any atom is 0.238 e. The van der Waals surface area contributed by atoms with Crippen molar-refractivity contribution in [2.75, 3.05) is 44.8 Å². The molecule has 2 N–H and O–H groups in total. The molecular formula is C17H26N2O4. The van der Waals surface area contributed by atoms with Crippen LogP contribution in [0.5, 0.6) is 5.75 Å². The number of benzene rings is 1. The predicted molar refractivity (Wildman–Crippen MR) is 88.9 cm³/mol. The van der Waals surface area contributed by atoms with Crippen LogP contribution in [-0.4, -0.2) is 51.5 Å². The third-order valence-corrected chi connectivity index (χ3v) is 3.52. The van der Waals surface area contributed by atoms with E-state index in [9.17, 15) is 4.79 Å². The van der Waals surface area contributed by atoms with Crippen LogP contribution < -0.4 is 15.4 Å². The van der Waals surface area contributed by atoms with Gasteiger partial charge in [0.25, 0.3) is 0 Å². The van der Waals surface area contributed by atoms with Crippen molar-refractivity contribution in [2.24, 2.45) is 0 Å². The highest BCUT2D eigenvalue weighted by molar-refractivity contribution is 5.92. The number of ether oxygens (including phenoxy) is 3. The lowest BCUT2D eigenvalue weighted by molar-refractivity contribution is -0.115. The molecule has 0 bridgehead atoms. The second-order valence-corrected chi connectivity index (χ2v) is 5.38. The van der Waals surface area contributed by atoms with Crippen molar-refractivity contribution in [1.29, 1.82) is 0 Å². The van der Waals surface area contributed by atoms with Crippen LogP contribution in [0.15, 0.2) is 24.3 Å². The number of carbonyl (C=O) groups is 1. The maximum absolute atomic E-state index is 11.9. The van der Waals surface area contributed by atoms with Crippen molar-refractivity contribution in [2.45, 2.75) is 25.9 Å². The monoisotopic (exact) mass is 322 g/mol. The van der Waals surface area contributed by atoms with Gasteiger partial charge in [-0.1, -0.05) is 0 Å². The van der Waals surface area contributed by atoms with Crippen molar-refractivity contribution >= 4 is 11.6 Å². The van der Waals surface area contributed by atoms with Crippen LogP contribution in [-0.2, 0) is 14.3 Å². The van der Waals surface area contributed by atoms with Crippen LogP contribution in [0.1, 0.15) is 19.8 Å². The highest BCUT2D eigenvalue weighted by Gasteiger charge is 2.15. The molecule has 6 nitrogen and oxygen atoms in total. The number of hydrogen-bond donors (Lipinski definition) is 2. The van der Waals surface area contributed by atoms with E-state index in [2.05, 4.69) is 10.6 Å². The van der Waals surface area contributed by atoms with Gasteiger partial charge in [-0.2, -0.15) is 0 Å². The number of hydrogen-bond acceptors (Lipinski definition) is 5. The third kappa shape index (κ3) is 6.99. The summed E-state index contributed by atoms with van der Waals surface area (Å²) in [5.74, 6) is 0.701. The fourth-order valence-corrected chi connectivity index (χ4v) is 2.35. The molecule has 1 unspecified atom stereocenters. The van der Waals surface area contributed by atoms with Crippen LogP contribution in [0.4, 0.5) is 5.69 Å². The molecule has 1 amide bonds. The maximum atomic E-state index is 11.9. The lowest BCUT2D eigenvalue weighted by atomic mass is 10.2. The largest absolute Gasteiger partial charge is 0.491 e. The van der Waals surface area contributed by atoms with E-state index in [1.165, 1.54) is 0 Å². The van der Waals surface area contributed by atoms with Crippen molar-refractivity contribution in [3.8, 4) is 5.75 Å². The van der Waals surface area contributed by atoms with Gasteiger partial charge in [-0.25, -0.2) is 0 Å². The van der Waals surface area contributed by atoms with Crippen LogP contribution in [0.25, 0.3) is 0 Å². The molecule has 1 aromatic rings. The number of amides is 1. The minimum atomic E-state index is -0.0620. The summed E-state index contributed by atoms with van der Waals surface area (Å²) in [5, 5.41) is 5.97. The molecule has 2 rings (SSSR count). The van der Waals surface area contributed by atoms with Crippen LogP contribution in [0.2, 0.25) is 0 Å². The van der Waals surface area contributed by atoms with Crippen molar-refractivity contribution < 1.29 is 19.0 Å². The highest BCUT2D eigenvalue weighted by atomic mass is 16.5. The fraction of sp³-hybridized carbons (Fsp3) is 0.588. The molecule has 1 saturated heterocycles. The van der Waals surface area contributed by atoms with E-state index >= 15 is 0 Å². The molecule has 0 saturated carbocycles. The normalized spacial score (nSPS) is 17.2. The quantitative estimate of drug-likeness (QED) is 0.643. The summed E-state index contributed by atoms with van der Waals surface area (Å²) >= 11 is 0. The number of carbonyl (C=O) groups excluding carboxylic acids is 1. The molecule has 1 aliphatic rings. The van der Waals surface area contributed by atoms with Crippen LogP contribution in [0, 0.1) is 0 Å². The molecule has 0 aromatic heterocycles. The van der Waals surface area contributed by atoms with Gasteiger partial charge in [0.1, 0.15) is 12.4 Å². The average Bonchev–Trinajstić information content (AvgIpc) is 3.06. The Labute approximate surface area is 137 Å². The van der Waals surface area contributed by atoms with Gasteiger partial charge in [0.2, 0.25) is 5.91 Å². The number of anilines is 1. The first-order valence-electron chi connectivity index (χ1n) is 8.20. The van der Waals surface area contributed by atoms with Gasteiger partial charge in [0.15, 0.2) is 0 Å². The number of rotatable bonds is 10. The van der Waals surface area contributed by atoms with Gasteiger partial charge in [-0.05, 0) is 44.0 Å². The number of nitrogens with one attached hydrogen (secondary N) is 2. The van der Waals surface area contributed by atoms with E-state index in [-0.39, 0.29) is 18.6 Å². The molecule has 0 spiro atoms. The average molecular weight is 322 g/mol. The zero-order chi connectivity index (χ0) is 16.3. The minimum absolute atomic E-state index is 0.0620. The molecule has 1 fully saturated rings. The van der Waals surface area contributed by atoms with Crippen molar-refractivity contribution in [3.05, 3.63) is 24.3 Å². The summed E-state index contributed by atoms with van der Waals surface area (Å²) in [6.45, 7) is 5.57. The zero-order valence-corrected chi connectivity index (χ0v) is 13.7. The lowest BCUT2D eigenvalue weighted by Gasteiger charge is -2.11. The first-order chi connectivity index (χ1) is 11.3. The molecule has 1 atom stereocenters. The molecule has 23 heavy (non-hydrogen) atoms. The molecule has 1 aromatic carbocycles. The Kier molecular flexibility index (Phi) is 7.86. The Morgan fingerprint density at radius 2 is 2.13 bits per heavy atom. The predicted octanol–water partition coefficient (Wildman–Crippen LogP) is 1.81. The van der Waals surface area contributed by atoms with E-state index in [0.29, 0.717) is 19.8 Å². The zero-order valence-electron chi connectivity index (χ0n) is 13.7. The standard InChI is InChI=1S/C17H26N2O4/c1-2-21-10-11-23-15-7-5-14(6-8-15)19-17(20)13-18-12-16-4-3-9-22-16/h5-8,16,18H,2-4,9-13H2,1H3,(H,19,20). The Balaban J connectivity index is 1.62. The Morgan fingerprint density at radius 3 is 2.83 bits per heavy atom. The van der Waals surface area contributed by atoms with E-state index in [0.717, 1.165) is 37.4 Å². The smallest absolute Gasteiger partial charge is 0.238 e. The molecule has 1 aliphatic heterocycles. The van der Waals surface area contributed by atoms with Gasteiger partial charge < -0.3 is 24.8 Å². The molecule has 0 aliphatic carbocycles. The Morgan fingerprint density at radius 1 is 1.30 bits per heavy atom. The van der Waals surface area contributed by atoms with Gasteiger partial charge in [0.05, 0.1) is 19.3 Å². The van der Waals surface area contributed by atoms with Gasteiger partial charge >= 0.3 is 0 Å². The minimum Gasteiger partial charge on any atom is -0.491 e. The SMILES string of the molecule is CCOCCOc1ccc(NC(=O)CNCC2CCCO2)cc1. The van der Waals surface area contributed by atoms with Crippen LogP contribution >= 0.6 is 0 Å². The molecule has 6 heteroatoms. The van der Waals surface area contributed by atoms with Crippen molar-refractivity contribution in [3.63, 3.8) is 0 Å². The van der Waals surface area contributed by atoms with E-state index in [4.69, 9.17) is 14.2 Å². The van der Waals surface area contributed by atoms with Gasteiger partial charge in [-0.15, -0.1) is 0 Å². The summed E-state index contributed by atoms with van der Waals surface area (Å²) in [7, 11) is 0. The molecule has 0 radical (unpaired) electrons. The van der Waals surface area contributed by atoms with Crippen molar-refractivity contribution in [1.82, 2.24) is 5.32 Å². The Hall–Kier alpha value is -1.63. The summed E-state index contributed by atoms with van der Waals surface area (Å²) < 4.78 is 16.2. The summed E-state index contributed by atoms with van der Waals surface area (Å²) in [4.78, 5) is 11.9. The second kappa shape index (κ2) is 10.2. The summed E-state index contributed by atoms with van der Waals surface area (Å²) in [6, 6.07) is 7.32. The van der Waals surface area contributed by atoms with E-state index in [1.54, 1.807) is 0 Å². The highest BCUT2D eigenvalue weighted by Crippen LogP contribution is 2.15. The third-order valence-electron chi connectivity index (χ3n) is 3.52. The Bertz CT molecular complexity index is 458. The van der Waals surface area contributed by atoms with E-state index < -0.39 is 0 Å². The molecule has 1 heterocycles. The lowest BCUT2D eigenvalue weighted by Crippen LogP contribution is -2.33.